The van der Waals surface area contributed by atoms with E-state index in [9.17, 15) is 9.90 Å². The van der Waals surface area contributed by atoms with Gasteiger partial charge in [0.15, 0.2) is 0 Å². The quantitative estimate of drug-likeness (QED) is 0.593. The topological polar surface area (TPSA) is 55.8 Å². The van der Waals surface area contributed by atoms with E-state index < -0.39 is 5.97 Å². The molecule has 22 heavy (non-hydrogen) atoms. The van der Waals surface area contributed by atoms with Crippen molar-refractivity contribution >= 4 is 5.97 Å². The van der Waals surface area contributed by atoms with Gasteiger partial charge in [-0.15, -0.1) is 6.58 Å². The standard InChI is InChI=1S/C18H18O4/c1-2-3-12-21-15-10-7-11-16(17(15)18(19)20)22-13-14-8-5-4-6-9-14/h2,4-11H,1,3,12-13H2,(H,19,20). The van der Waals surface area contributed by atoms with Crippen molar-refractivity contribution in [1.82, 2.24) is 0 Å². The van der Waals surface area contributed by atoms with Gasteiger partial charge in [0.2, 0.25) is 0 Å². The summed E-state index contributed by atoms with van der Waals surface area (Å²) in [7, 11) is 0. The highest BCUT2D eigenvalue weighted by atomic mass is 16.5. The van der Waals surface area contributed by atoms with Crippen LogP contribution in [0.25, 0.3) is 0 Å². The number of carboxylic acids is 1. The zero-order valence-electron chi connectivity index (χ0n) is 12.2. The summed E-state index contributed by atoms with van der Waals surface area (Å²) in [6.07, 6.45) is 2.37. The van der Waals surface area contributed by atoms with Crippen LogP contribution in [0.1, 0.15) is 22.3 Å². The van der Waals surface area contributed by atoms with E-state index in [1.807, 2.05) is 30.3 Å². The second kappa shape index (κ2) is 7.88. The third-order valence-electron chi connectivity index (χ3n) is 3.02. The molecule has 2 rings (SSSR count). The highest BCUT2D eigenvalue weighted by Gasteiger charge is 2.18. The molecule has 0 aliphatic rings. The lowest BCUT2D eigenvalue weighted by molar-refractivity contribution is 0.0687. The smallest absolute Gasteiger partial charge is 0.343 e. The number of carboxylic acid groups (broad SMARTS) is 1. The number of hydrogen-bond acceptors (Lipinski definition) is 3. The zero-order valence-corrected chi connectivity index (χ0v) is 12.2. The molecule has 1 N–H and O–H groups in total. The average Bonchev–Trinajstić information content (AvgIpc) is 2.54. The maximum Gasteiger partial charge on any atom is 0.343 e. The number of aromatic carboxylic acids is 1. The Kier molecular flexibility index (Phi) is 5.60. The van der Waals surface area contributed by atoms with Gasteiger partial charge in [-0.05, 0) is 24.1 Å². The monoisotopic (exact) mass is 298 g/mol. The van der Waals surface area contributed by atoms with E-state index in [0.717, 1.165) is 5.56 Å². The number of rotatable bonds is 8. The van der Waals surface area contributed by atoms with Gasteiger partial charge in [0.05, 0.1) is 6.61 Å². The molecule has 0 aromatic heterocycles. The molecule has 0 fully saturated rings. The predicted molar refractivity (Wildman–Crippen MR) is 84.5 cm³/mol. The molecule has 0 aliphatic heterocycles. The van der Waals surface area contributed by atoms with Crippen LogP contribution < -0.4 is 9.47 Å². The van der Waals surface area contributed by atoms with Crippen LogP contribution in [0.5, 0.6) is 11.5 Å². The Bertz CT molecular complexity index is 635. The second-order valence-electron chi connectivity index (χ2n) is 4.63. The number of carbonyl (C=O) groups is 1. The van der Waals surface area contributed by atoms with Gasteiger partial charge in [-0.25, -0.2) is 4.79 Å². The Morgan fingerprint density at radius 2 is 1.73 bits per heavy atom. The lowest BCUT2D eigenvalue weighted by atomic mass is 10.1. The normalized spacial score (nSPS) is 10.0. The zero-order chi connectivity index (χ0) is 15.8. The molecule has 0 heterocycles. The summed E-state index contributed by atoms with van der Waals surface area (Å²) >= 11 is 0. The molecule has 0 radical (unpaired) electrons. The van der Waals surface area contributed by atoms with E-state index in [-0.39, 0.29) is 5.56 Å². The fourth-order valence-corrected chi connectivity index (χ4v) is 1.95. The Balaban J connectivity index is 2.17. The van der Waals surface area contributed by atoms with E-state index >= 15 is 0 Å². The highest BCUT2D eigenvalue weighted by Crippen LogP contribution is 2.29. The minimum Gasteiger partial charge on any atom is -0.492 e. The summed E-state index contributed by atoms with van der Waals surface area (Å²) in [5.74, 6) is -0.468. The minimum atomic E-state index is -1.07. The van der Waals surface area contributed by atoms with Gasteiger partial charge in [0.1, 0.15) is 23.7 Å². The molecule has 2 aromatic rings. The van der Waals surface area contributed by atoms with E-state index in [0.29, 0.717) is 31.1 Å². The van der Waals surface area contributed by atoms with E-state index in [2.05, 4.69) is 6.58 Å². The average molecular weight is 298 g/mol. The first-order valence-electron chi connectivity index (χ1n) is 6.99. The summed E-state index contributed by atoms with van der Waals surface area (Å²) in [4.78, 5) is 11.5. The van der Waals surface area contributed by atoms with Gasteiger partial charge in [-0.1, -0.05) is 42.5 Å². The minimum absolute atomic E-state index is 0.0440. The summed E-state index contributed by atoms with van der Waals surface area (Å²) in [6, 6.07) is 14.6. The molecule has 0 bridgehead atoms. The molecule has 4 heteroatoms. The first-order chi connectivity index (χ1) is 10.7. The molecule has 0 saturated carbocycles. The first kappa shape index (κ1) is 15.6. The fourth-order valence-electron chi connectivity index (χ4n) is 1.95. The fraction of sp³-hybridized carbons (Fsp3) is 0.167. The van der Waals surface area contributed by atoms with E-state index in [4.69, 9.17) is 9.47 Å². The maximum absolute atomic E-state index is 11.5. The molecule has 0 aliphatic carbocycles. The van der Waals surface area contributed by atoms with Crippen molar-refractivity contribution in [3.05, 3.63) is 72.3 Å². The highest BCUT2D eigenvalue weighted by molar-refractivity contribution is 5.94. The molecule has 0 spiro atoms. The van der Waals surface area contributed by atoms with Crippen molar-refractivity contribution in [3.63, 3.8) is 0 Å². The Morgan fingerprint density at radius 3 is 2.36 bits per heavy atom. The number of benzene rings is 2. The molecule has 0 amide bonds. The van der Waals surface area contributed by atoms with Crippen molar-refractivity contribution in [3.8, 4) is 11.5 Å². The Labute approximate surface area is 129 Å². The summed E-state index contributed by atoms with van der Waals surface area (Å²) in [6.45, 7) is 4.29. The van der Waals surface area contributed by atoms with Crippen LogP contribution in [0, 0.1) is 0 Å². The summed E-state index contributed by atoms with van der Waals surface area (Å²) in [5, 5.41) is 9.42. The van der Waals surface area contributed by atoms with Crippen LogP contribution in [0.15, 0.2) is 61.2 Å². The lowest BCUT2D eigenvalue weighted by Crippen LogP contribution is -2.07. The molecule has 0 atom stereocenters. The Morgan fingerprint density at radius 1 is 1.05 bits per heavy atom. The second-order valence-corrected chi connectivity index (χ2v) is 4.63. The lowest BCUT2D eigenvalue weighted by Gasteiger charge is -2.13. The third kappa shape index (κ3) is 4.12. The predicted octanol–water partition coefficient (Wildman–Crippen LogP) is 3.92. The van der Waals surface area contributed by atoms with Crippen LogP contribution in [-0.2, 0) is 6.61 Å². The van der Waals surface area contributed by atoms with Gasteiger partial charge >= 0.3 is 5.97 Å². The molecule has 0 saturated heterocycles. The number of ether oxygens (including phenoxy) is 2. The van der Waals surface area contributed by atoms with E-state index in [1.165, 1.54) is 0 Å². The van der Waals surface area contributed by atoms with Gasteiger partial charge in [-0.3, -0.25) is 0 Å². The van der Waals surface area contributed by atoms with Crippen molar-refractivity contribution < 1.29 is 19.4 Å². The van der Waals surface area contributed by atoms with Crippen LogP contribution >= 0.6 is 0 Å². The van der Waals surface area contributed by atoms with Crippen LogP contribution in [0.2, 0.25) is 0 Å². The molecular formula is C18H18O4. The summed E-state index contributed by atoms with van der Waals surface area (Å²) in [5.41, 5.74) is 1.01. The van der Waals surface area contributed by atoms with Gasteiger partial charge in [0.25, 0.3) is 0 Å². The van der Waals surface area contributed by atoms with Gasteiger partial charge < -0.3 is 14.6 Å². The van der Waals surface area contributed by atoms with Crippen LogP contribution in [0.4, 0.5) is 0 Å². The third-order valence-corrected chi connectivity index (χ3v) is 3.02. The van der Waals surface area contributed by atoms with E-state index in [1.54, 1.807) is 24.3 Å². The van der Waals surface area contributed by atoms with Crippen molar-refractivity contribution in [2.75, 3.05) is 6.61 Å². The Hall–Kier alpha value is -2.75. The molecular weight excluding hydrogens is 280 g/mol. The molecule has 4 nitrogen and oxygen atoms in total. The van der Waals surface area contributed by atoms with Crippen molar-refractivity contribution in [2.45, 2.75) is 13.0 Å². The summed E-state index contributed by atoms with van der Waals surface area (Å²) < 4.78 is 11.1. The van der Waals surface area contributed by atoms with Crippen LogP contribution in [0.3, 0.4) is 0 Å². The van der Waals surface area contributed by atoms with Crippen molar-refractivity contribution in [1.29, 1.82) is 0 Å². The number of hydrogen-bond donors (Lipinski definition) is 1. The molecule has 114 valence electrons. The SMILES string of the molecule is C=CCCOc1cccc(OCc2ccccc2)c1C(=O)O. The first-order valence-corrected chi connectivity index (χ1v) is 6.99. The van der Waals surface area contributed by atoms with Crippen molar-refractivity contribution in [2.24, 2.45) is 0 Å². The van der Waals surface area contributed by atoms with Gasteiger partial charge in [-0.2, -0.15) is 0 Å². The van der Waals surface area contributed by atoms with Gasteiger partial charge in [0, 0.05) is 0 Å². The molecule has 2 aromatic carbocycles. The largest absolute Gasteiger partial charge is 0.492 e. The maximum atomic E-state index is 11.5. The van der Waals surface area contributed by atoms with Crippen LogP contribution in [-0.4, -0.2) is 17.7 Å². The molecule has 0 unspecified atom stereocenters.